The molecule has 1 heterocycles. The van der Waals surface area contributed by atoms with Crippen LogP contribution in [0.15, 0.2) is 24.3 Å². The molecule has 0 bridgehead atoms. The van der Waals surface area contributed by atoms with Gasteiger partial charge in [-0.25, -0.2) is 0 Å². The number of methoxy groups -OCH3 is 2. The number of hydrogen-bond acceptors (Lipinski definition) is 8. The first-order chi connectivity index (χ1) is 10.2. The van der Waals surface area contributed by atoms with Gasteiger partial charge in [0, 0.05) is 0 Å². The first kappa shape index (κ1) is 14.6. The average Bonchev–Trinajstić information content (AvgIpc) is 2.52. The predicted molar refractivity (Wildman–Crippen MR) is 77.8 cm³/mol. The second kappa shape index (κ2) is 7.13. The van der Waals surface area contributed by atoms with Gasteiger partial charge >= 0.3 is 12.0 Å². The summed E-state index contributed by atoms with van der Waals surface area (Å²) in [5, 5.41) is 3.00. The molecule has 8 nitrogen and oxygen atoms in total. The first-order valence-corrected chi connectivity index (χ1v) is 6.28. The molecule has 0 fully saturated rings. The van der Waals surface area contributed by atoms with Gasteiger partial charge in [-0.2, -0.15) is 9.97 Å². The van der Waals surface area contributed by atoms with Crippen LogP contribution in [-0.2, 0) is 0 Å². The van der Waals surface area contributed by atoms with Gasteiger partial charge in [-0.1, -0.05) is 12.1 Å². The maximum absolute atomic E-state index is 5.78. The van der Waals surface area contributed by atoms with Crippen LogP contribution in [0.2, 0.25) is 0 Å². The molecule has 0 atom stereocenters. The molecule has 112 valence electrons. The van der Waals surface area contributed by atoms with Crippen molar-refractivity contribution in [2.75, 3.05) is 38.4 Å². The molecule has 0 unspecified atom stereocenters. The number of rotatable bonds is 7. The lowest BCUT2D eigenvalue weighted by atomic mass is 10.3. The monoisotopic (exact) mass is 291 g/mol. The summed E-state index contributed by atoms with van der Waals surface area (Å²) in [6.45, 7) is 0.898. The molecule has 0 spiro atoms. The maximum Gasteiger partial charge on any atom is 0.324 e. The molecule has 1 aromatic carbocycles. The maximum atomic E-state index is 5.78. The quantitative estimate of drug-likeness (QED) is 0.574. The van der Waals surface area contributed by atoms with Gasteiger partial charge in [0.05, 0.1) is 26.5 Å². The Hall–Kier alpha value is -2.77. The summed E-state index contributed by atoms with van der Waals surface area (Å²) in [5.74, 6) is 0.994. The van der Waals surface area contributed by atoms with E-state index in [2.05, 4.69) is 20.3 Å². The molecule has 0 radical (unpaired) electrons. The molecule has 0 aliphatic rings. The second-order valence-corrected chi connectivity index (χ2v) is 3.95. The van der Waals surface area contributed by atoms with Crippen LogP contribution in [0.1, 0.15) is 0 Å². The zero-order valence-corrected chi connectivity index (χ0v) is 11.9. The number of nitrogen functional groups attached to an aromatic ring is 1. The zero-order valence-electron chi connectivity index (χ0n) is 11.9. The summed E-state index contributed by atoms with van der Waals surface area (Å²) in [5.41, 5.74) is 6.38. The van der Waals surface area contributed by atoms with Crippen LogP contribution in [0.5, 0.6) is 17.8 Å². The van der Waals surface area contributed by atoms with Crippen molar-refractivity contribution in [1.29, 1.82) is 0 Å². The van der Waals surface area contributed by atoms with Crippen LogP contribution in [0.25, 0.3) is 0 Å². The van der Waals surface area contributed by atoms with Crippen molar-refractivity contribution in [3.63, 3.8) is 0 Å². The van der Waals surface area contributed by atoms with Crippen molar-refractivity contribution in [2.24, 2.45) is 0 Å². The summed E-state index contributed by atoms with van der Waals surface area (Å²) in [6, 6.07) is 7.66. The van der Waals surface area contributed by atoms with E-state index in [1.165, 1.54) is 14.2 Å². The molecule has 2 aromatic rings. The lowest BCUT2D eigenvalue weighted by Gasteiger charge is -2.10. The van der Waals surface area contributed by atoms with Crippen LogP contribution < -0.4 is 25.3 Å². The number of ether oxygens (including phenoxy) is 3. The third-order valence-electron chi connectivity index (χ3n) is 2.52. The smallest absolute Gasteiger partial charge is 0.324 e. The molecule has 1 aromatic heterocycles. The van der Waals surface area contributed by atoms with E-state index in [9.17, 15) is 0 Å². The number of nitrogens with one attached hydrogen (secondary N) is 1. The van der Waals surface area contributed by atoms with Crippen LogP contribution in [0.4, 0.5) is 11.6 Å². The van der Waals surface area contributed by atoms with Crippen molar-refractivity contribution in [2.45, 2.75) is 0 Å². The summed E-state index contributed by atoms with van der Waals surface area (Å²) in [6.07, 6.45) is 0. The number of nitrogens with two attached hydrogens (primary N) is 1. The Morgan fingerprint density at radius 2 is 1.71 bits per heavy atom. The van der Waals surface area contributed by atoms with Gasteiger partial charge in [0.25, 0.3) is 0 Å². The van der Waals surface area contributed by atoms with E-state index < -0.39 is 0 Å². The molecule has 0 amide bonds. The summed E-state index contributed by atoms with van der Waals surface area (Å²) in [7, 11) is 2.94. The Morgan fingerprint density at radius 1 is 1.05 bits per heavy atom. The van der Waals surface area contributed by atoms with Crippen LogP contribution >= 0.6 is 0 Å². The average molecular weight is 291 g/mol. The van der Waals surface area contributed by atoms with Gasteiger partial charge < -0.3 is 25.3 Å². The zero-order chi connectivity index (χ0) is 15.1. The minimum Gasteiger partial charge on any atom is -0.490 e. The largest absolute Gasteiger partial charge is 0.490 e. The fraction of sp³-hybridized carbons (Fsp3) is 0.308. The fourth-order valence-corrected chi connectivity index (χ4v) is 1.54. The summed E-state index contributed by atoms with van der Waals surface area (Å²) in [4.78, 5) is 12.0. The van der Waals surface area contributed by atoms with Crippen molar-refractivity contribution in [3.05, 3.63) is 24.3 Å². The molecule has 21 heavy (non-hydrogen) atoms. The molecular formula is C13H17N5O3. The Morgan fingerprint density at radius 3 is 2.33 bits per heavy atom. The van der Waals surface area contributed by atoms with Crippen molar-refractivity contribution in [1.82, 2.24) is 15.0 Å². The standard InChI is InChI=1S/C13H17N5O3/c1-19-12-16-11(17-13(18-12)20-2)15-7-8-21-10-6-4-3-5-9(10)14/h3-6H,7-8,14H2,1-2H3,(H,15,16,17,18). The fourth-order valence-electron chi connectivity index (χ4n) is 1.54. The van der Waals surface area contributed by atoms with Gasteiger partial charge in [-0.05, 0) is 12.1 Å². The lowest BCUT2D eigenvalue weighted by molar-refractivity contribution is 0.331. The highest BCUT2D eigenvalue weighted by Crippen LogP contribution is 2.19. The number of benzene rings is 1. The summed E-state index contributed by atoms with van der Waals surface area (Å²) >= 11 is 0. The van der Waals surface area contributed by atoms with Crippen molar-refractivity contribution >= 4 is 11.6 Å². The summed E-state index contributed by atoms with van der Waals surface area (Å²) < 4.78 is 15.5. The van der Waals surface area contributed by atoms with E-state index in [0.717, 1.165) is 0 Å². The highest BCUT2D eigenvalue weighted by molar-refractivity contribution is 5.51. The minimum atomic E-state index is 0.178. The Kier molecular flexibility index (Phi) is 4.97. The predicted octanol–water partition coefficient (Wildman–Crippen LogP) is 0.962. The molecule has 0 saturated carbocycles. The van der Waals surface area contributed by atoms with Gasteiger partial charge in [-0.15, -0.1) is 4.98 Å². The van der Waals surface area contributed by atoms with E-state index in [4.69, 9.17) is 19.9 Å². The Labute approximate surface area is 122 Å². The van der Waals surface area contributed by atoms with Crippen LogP contribution in [-0.4, -0.2) is 42.3 Å². The van der Waals surface area contributed by atoms with Gasteiger partial charge in [0.1, 0.15) is 12.4 Å². The number of anilines is 2. The van der Waals surface area contributed by atoms with Gasteiger partial charge in [0.2, 0.25) is 5.95 Å². The van der Waals surface area contributed by atoms with E-state index in [1.54, 1.807) is 6.07 Å². The van der Waals surface area contributed by atoms with E-state index in [0.29, 0.717) is 30.5 Å². The normalized spacial score (nSPS) is 10.0. The second-order valence-electron chi connectivity index (χ2n) is 3.95. The van der Waals surface area contributed by atoms with Gasteiger partial charge in [0.15, 0.2) is 0 Å². The minimum absolute atomic E-state index is 0.178. The third kappa shape index (κ3) is 4.10. The molecule has 8 heteroatoms. The molecule has 2 rings (SSSR count). The molecule has 0 aliphatic heterocycles. The Bertz CT molecular complexity index is 572. The SMILES string of the molecule is COc1nc(NCCOc2ccccc2N)nc(OC)n1. The molecule has 0 aliphatic carbocycles. The lowest BCUT2D eigenvalue weighted by Crippen LogP contribution is -2.14. The van der Waals surface area contributed by atoms with Crippen LogP contribution in [0.3, 0.4) is 0 Å². The third-order valence-corrected chi connectivity index (χ3v) is 2.52. The molecule has 0 saturated heterocycles. The first-order valence-electron chi connectivity index (χ1n) is 6.28. The van der Waals surface area contributed by atoms with E-state index in [-0.39, 0.29) is 12.0 Å². The number of nitrogens with zero attached hydrogens (tertiary/aromatic N) is 3. The van der Waals surface area contributed by atoms with E-state index in [1.807, 2.05) is 18.2 Å². The number of aromatic nitrogens is 3. The highest BCUT2D eigenvalue weighted by Gasteiger charge is 2.06. The Balaban J connectivity index is 1.87. The highest BCUT2D eigenvalue weighted by atomic mass is 16.5. The van der Waals surface area contributed by atoms with Crippen molar-refractivity contribution in [3.8, 4) is 17.8 Å². The number of para-hydroxylation sites is 2. The molecule has 3 N–H and O–H groups in total. The van der Waals surface area contributed by atoms with Crippen LogP contribution in [0, 0.1) is 0 Å². The number of hydrogen-bond donors (Lipinski definition) is 2. The van der Waals surface area contributed by atoms with Gasteiger partial charge in [-0.3, -0.25) is 0 Å². The van der Waals surface area contributed by atoms with E-state index >= 15 is 0 Å². The molecular weight excluding hydrogens is 274 g/mol. The topological polar surface area (TPSA) is 104 Å². The van der Waals surface area contributed by atoms with Crippen molar-refractivity contribution < 1.29 is 14.2 Å².